The van der Waals surface area contributed by atoms with Crippen LogP contribution in [-0.4, -0.2) is 43.1 Å². The molecule has 0 aromatic carbocycles. The first kappa shape index (κ1) is 11.2. The summed E-state index contributed by atoms with van der Waals surface area (Å²) in [6, 6.07) is 0. The van der Waals surface area contributed by atoms with Crippen molar-refractivity contribution in [2.45, 2.75) is 5.05 Å². The molecule has 0 aromatic rings. The normalized spacial score (nSPS) is 15.1. The van der Waals surface area contributed by atoms with E-state index in [4.69, 9.17) is 0 Å². The second-order valence-corrected chi connectivity index (χ2v) is 5.68. The lowest BCUT2D eigenvalue weighted by molar-refractivity contribution is -0.140. The fourth-order valence-electron chi connectivity index (χ4n) is 0.513. The minimum atomic E-state index is -0.531. The van der Waals surface area contributed by atoms with E-state index in [0.29, 0.717) is 13.1 Å². The van der Waals surface area contributed by atoms with Crippen LogP contribution in [0.1, 0.15) is 0 Å². The average molecular weight is 233 g/mol. The van der Waals surface area contributed by atoms with Crippen LogP contribution in [-0.2, 0) is 9.59 Å². The van der Waals surface area contributed by atoms with E-state index >= 15 is 0 Å². The third kappa shape index (κ3) is 5.46. The minimum Gasteiger partial charge on any atom is -0.346 e. The summed E-state index contributed by atoms with van der Waals surface area (Å²) < 4.78 is 0. The summed E-state index contributed by atoms with van der Waals surface area (Å²) in [6.07, 6.45) is 0. The number of hydrogen-bond donors (Lipinski definition) is 2. The molecule has 1 fully saturated rings. The fourth-order valence-corrected chi connectivity index (χ4v) is 0.513. The van der Waals surface area contributed by atoms with E-state index in [9.17, 15) is 9.59 Å². The van der Waals surface area contributed by atoms with Crippen molar-refractivity contribution in [1.82, 2.24) is 10.6 Å². The van der Waals surface area contributed by atoms with E-state index in [0.717, 1.165) is 0 Å². The molecule has 0 atom stereocenters. The highest BCUT2D eigenvalue weighted by Gasteiger charge is 2.15. The predicted molar refractivity (Wildman–Crippen MR) is 46.6 cm³/mol. The Labute approximate surface area is 81.1 Å². The zero-order chi connectivity index (χ0) is 8.69. The van der Waals surface area contributed by atoms with Gasteiger partial charge in [0.05, 0.1) is 0 Å². The van der Waals surface area contributed by atoms with Gasteiger partial charge in [-0.2, -0.15) is 0 Å². The van der Waals surface area contributed by atoms with Crippen molar-refractivity contribution < 1.29 is 9.59 Å². The number of carbonyl (C=O) groups is 2. The molecule has 2 amide bonds. The Morgan fingerprint density at radius 1 is 1.27 bits per heavy atom. The molecule has 1 aliphatic rings. The van der Waals surface area contributed by atoms with Crippen molar-refractivity contribution >= 4 is 42.9 Å². The molecule has 2 N–H and O–H groups in total. The Bertz CT molecular complexity index is 137. The Morgan fingerprint density at radius 3 is 1.73 bits per heavy atom. The van der Waals surface area contributed by atoms with Crippen molar-refractivity contribution in [2.75, 3.05) is 13.1 Å². The van der Waals surface area contributed by atoms with E-state index in [1.165, 1.54) is 0 Å². The summed E-state index contributed by atoms with van der Waals surface area (Å²) in [4.78, 5) is 20.5. The molecule has 0 unspecified atom stereocenters. The molecular weight excluding hydrogens is 224 g/mol. The average Bonchev–Trinajstić information content (AvgIpc) is 1.97. The van der Waals surface area contributed by atoms with Crippen molar-refractivity contribution in [3.8, 4) is 0 Å². The maximum atomic E-state index is 10.3. The summed E-state index contributed by atoms with van der Waals surface area (Å²) in [6.45, 7) is 1.09. The number of carbonyl (C=O) groups excluding carboxylic acids is 2. The molecule has 0 spiro atoms. The molecular formula is C5H9BrMgN2O2. The summed E-state index contributed by atoms with van der Waals surface area (Å²) in [5.74, 6) is -1.06. The molecule has 6 heteroatoms. The summed E-state index contributed by atoms with van der Waals surface area (Å²) in [5.41, 5.74) is 0. The van der Waals surface area contributed by atoms with Crippen LogP contribution in [0.25, 0.3) is 0 Å². The van der Waals surface area contributed by atoms with E-state index in [-0.39, 0.29) is 18.2 Å². The molecule has 11 heavy (non-hydrogen) atoms. The first-order chi connectivity index (χ1) is 5.22. The second kappa shape index (κ2) is 6.87. The third-order valence-electron chi connectivity index (χ3n) is 0.902. The lowest BCUT2D eigenvalue weighted by Gasteiger charge is -2.10. The minimum absolute atomic E-state index is 0.229. The van der Waals surface area contributed by atoms with Gasteiger partial charge in [0, 0.05) is 13.1 Å². The predicted octanol–water partition coefficient (Wildman–Crippen LogP) is -0.719. The first-order valence-corrected chi connectivity index (χ1v) is 8.65. The summed E-state index contributed by atoms with van der Waals surface area (Å²) in [5, 5.41) is 6.94. The van der Waals surface area contributed by atoms with Gasteiger partial charge < -0.3 is 23.5 Å². The second-order valence-electron chi connectivity index (χ2n) is 1.78. The smallest absolute Gasteiger partial charge is 0.346 e. The Hall–Kier alpha value is 0.186. The standard InChI is InChI=1S/C4H6N2O2.CH3.BrH.Mg/c7-3-4(8)6-2-1-5-3;;;/h1-2H2,(H,5,7)(H,6,8);1H3;1H;/q;;;+1/p-1. The van der Waals surface area contributed by atoms with Crippen LogP contribution in [0.3, 0.4) is 0 Å². The molecule has 1 rings (SSSR count). The van der Waals surface area contributed by atoms with Crippen LogP contribution >= 0.6 is 12.9 Å². The lowest BCUT2D eigenvalue weighted by atomic mass is 10.4. The molecule has 0 aliphatic carbocycles. The summed E-state index contributed by atoms with van der Waals surface area (Å²) in [7, 11) is 0. The van der Waals surface area contributed by atoms with Gasteiger partial charge in [-0.15, -0.1) is 5.05 Å². The van der Waals surface area contributed by atoms with E-state index in [2.05, 4.69) is 28.6 Å². The molecule has 1 aliphatic heterocycles. The summed E-state index contributed by atoms with van der Waals surface area (Å²) >= 11 is 3.51. The number of halogens is 1. The van der Waals surface area contributed by atoms with Crippen LogP contribution < -0.4 is 10.6 Å². The number of amides is 2. The van der Waals surface area contributed by atoms with Gasteiger partial charge in [0.15, 0.2) is 0 Å². The highest BCUT2D eigenvalue weighted by molar-refractivity contribution is 9.23. The number of piperazine rings is 1. The molecule has 1 heterocycles. The van der Waals surface area contributed by atoms with Gasteiger partial charge >= 0.3 is 30.0 Å². The Balaban J connectivity index is 0.000000292. The largest absolute Gasteiger partial charge is 0.465 e. The molecule has 0 aromatic heterocycles. The van der Waals surface area contributed by atoms with Crippen LogP contribution in [0.4, 0.5) is 0 Å². The van der Waals surface area contributed by atoms with E-state index < -0.39 is 11.8 Å². The van der Waals surface area contributed by atoms with Gasteiger partial charge in [-0.1, -0.05) is 0 Å². The van der Waals surface area contributed by atoms with Crippen LogP contribution in [0.2, 0.25) is 5.05 Å². The third-order valence-corrected chi connectivity index (χ3v) is 0.902. The number of nitrogens with one attached hydrogen (secondary N) is 2. The Kier molecular flexibility index (Phi) is 6.99. The number of hydrogen-bond acceptors (Lipinski definition) is 2. The van der Waals surface area contributed by atoms with Crippen LogP contribution in [0.15, 0.2) is 0 Å². The maximum absolute atomic E-state index is 10.3. The number of rotatable bonds is 0. The van der Waals surface area contributed by atoms with Gasteiger partial charge in [0.25, 0.3) is 0 Å². The van der Waals surface area contributed by atoms with Crippen molar-refractivity contribution in [3.05, 3.63) is 0 Å². The van der Waals surface area contributed by atoms with E-state index in [1.807, 2.05) is 0 Å². The SMILES string of the molecule is O=C1NCCNC1=O.[CH3][Mg][Br]. The van der Waals surface area contributed by atoms with Crippen molar-refractivity contribution in [3.63, 3.8) is 0 Å². The first-order valence-electron chi connectivity index (χ1n) is 3.34. The molecule has 0 radical (unpaired) electrons. The van der Waals surface area contributed by atoms with Gasteiger partial charge in [-0.25, -0.2) is 0 Å². The van der Waals surface area contributed by atoms with Crippen molar-refractivity contribution in [2.24, 2.45) is 0 Å². The molecule has 0 saturated carbocycles. The zero-order valence-electron chi connectivity index (χ0n) is 6.32. The zero-order valence-corrected chi connectivity index (χ0v) is 9.32. The van der Waals surface area contributed by atoms with E-state index in [1.54, 1.807) is 0 Å². The fraction of sp³-hybridized carbons (Fsp3) is 0.600. The highest BCUT2D eigenvalue weighted by Crippen LogP contribution is 1.73. The van der Waals surface area contributed by atoms with Gasteiger partial charge in [0.1, 0.15) is 0 Å². The molecule has 0 bridgehead atoms. The van der Waals surface area contributed by atoms with Crippen LogP contribution in [0, 0.1) is 0 Å². The monoisotopic (exact) mass is 232 g/mol. The highest BCUT2D eigenvalue weighted by atomic mass is 79.9. The van der Waals surface area contributed by atoms with Gasteiger partial charge in [-0.3, -0.25) is 9.59 Å². The van der Waals surface area contributed by atoms with Gasteiger partial charge in [0.2, 0.25) is 0 Å². The van der Waals surface area contributed by atoms with Crippen molar-refractivity contribution in [1.29, 1.82) is 0 Å². The quantitative estimate of drug-likeness (QED) is 0.428. The maximum Gasteiger partial charge on any atom is 0.465 e. The molecule has 1 saturated heterocycles. The lowest BCUT2D eigenvalue weighted by Crippen LogP contribution is -2.49. The Morgan fingerprint density at radius 2 is 1.55 bits per heavy atom. The van der Waals surface area contributed by atoms with Crippen LogP contribution in [0.5, 0.6) is 0 Å². The molecule has 60 valence electrons. The molecule has 4 nitrogen and oxygen atoms in total. The van der Waals surface area contributed by atoms with Gasteiger partial charge in [-0.05, 0) is 0 Å². The topological polar surface area (TPSA) is 58.2 Å².